The zero-order valence-corrected chi connectivity index (χ0v) is 16.2. The Labute approximate surface area is 155 Å². The largest absolute Gasteiger partial charge is 0.347 e. The first-order valence-electron chi connectivity index (χ1n) is 9.47. The number of aromatic nitrogens is 3. The molecule has 0 bridgehead atoms. The number of rotatable bonds is 5. The summed E-state index contributed by atoms with van der Waals surface area (Å²) in [5, 5.41) is 14.8. The third kappa shape index (κ3) is 3.96. The van der Waals surface area contributed by atoms with Crippen LogP contribution in [0.1, 0.15) is 62.3 Å². The Morgan fingerprint density at radius 3 is 2.62 bits per heavy atom. The zero-order chi connectivity index (χ0) is 18.7. The van der Waals surface area contributed by atoms with Gasteiger partial charge >= 0.3 is 0 Å². The molecule has 1 aliphatic rings. The van der Waals surface area contributed by atoms with Crippen molar-refractivity contribution in [1.29, 1.82) is 0 Å². The maximum absolute atomic E-state index is 12.7. The molecule has 1 aromatic carbocycles. The highest BCUT2D eigenvalue weighted by Crippen LogP contribution is 2.24. The topological polar surface area (TPSA) is 71.8 Å². The average molecular weight is 355 g/mol. The number of benzene rings is 1. The van der Waals surface area contributed by atoms with Crippen LogP contribution in [0.5, 0.6) is 0 Å². The van der Waals surface area contributed by atoms with Crippen LogP contribution < -0.4 is 10.6 Å². The molecule has 1 atom stereocenters. The number of hydrogen-bond acceptors (Lipinski definition) is 4. The fraction of sp³-hybridized carbons (Fsp3) is 0.550. The Balaban J connectivity index is 1.87. The third-order valence-corrected chi connectivity index (χ3v) is 4.84. The zero-order valence-electron chi connectivity index (χ0n) is 16.2. The maximum atomic E-state index is 12.7. The van der Waals surface area contributed by atoms with Crippen LogP contribution in [0.25, 0.3) is 5.69 Å². The summed E-state index contributed by atoms with van der Waals surface area (Å²) in [6, 6.07) is 8.52. The Bertz CT molecular complexity index is 751. The minimum Gasteiger partial charge on any atom is -0.347 e. The van der Waals surface area contributed by atoms with E-state index in [9.17, 15) is 4.79 Å². The smallest absolute Gasteiger partial charge is 0.274 e. The number of carbonyl (C=O) groups excluding carboxylic acids is 1. The van der Waals surface area contributed by atoms with E-state index in [1.54, 1.807) is 4.68 Å². The van der Waals surface area contributed by atoms with Crippen molar-refractivity contribution in [3.05, 3.63) is 41.2 Å². The molecule has 26 heavy (non-hydrogen) atoms. The second-order valence-corrected chi connectivity index (χ2v) is 8.01. The first kappa shape index (κ1) is 18.6. The van der Waals surface area contributed by atoms with Crippen LogP contribution >= 0.6 is 0 Å². The number of nitrogens with zero attached hydrogens (tertiary/aromatic N) is 3. The van der Waals surface area contributed by atoms with E-state index in [0.29, 0.717) is 5.69 Å². The minimum absolute atomic E-state index is 0.105. The molecular formula is C20H29N5O. The first-order valence-corrected chi connectivity index (χ1v) is 9.47. The lowest BCUT2D eigenvalue weighted by atomic mass is 9.87. The number of carbonyl (C=O) groups is 1. The van der Waals surface area contributed by atoms with Crippen molar-refractivity contribution < 1.29 is 4.79 Å². The highest BCUT2D eigenvalue weighted by Gasteiger charge is 2.24. The Hall–Kier alpha value is -2.21. The van der Waals surface area contributed by atoms with E-state index in [0.717, 1.165) is 43.7 Å². The van der Waals surface area contributed by atoms with Crippen LogP contribution in [0, 0.1) is 0 Å². The lowest BCUT2D eigenvalue weighted by Crippen LogP contribution is -2.36. The SMILES string of the molecule is CCCc1c(C(=O)NC2CCNC2)nnn1-c1ccc(C(C)(C)C)cc1. The second-order valence-electron chi connectivity index (χ2n) is 8.01. The molecule has 0 spiro atoms. The molecule has 1 saturated heterocycles. The summed E-state index contributed by atoms with van der Waals surface area (Å²) in [5.41, 5.74) is 3.63. The van der Waals surface area contributed by atoms with Crippen LogP contribution in [-0.4, -0.2) is 40.0 Å². The summed E-state index contributed by atoms with van der Waals surface area (Å²) in [6.07, 6.45) is 2.65. The molecule has 0 saturated carbocycles. The highest BCUT2D eigenvalue weighted by molar-refractivity contribution is 5.93. The Morgan fingerprint density at radius 2 is 2.04 bits per heavy atom. The van der Waals surface area contributed by atoms with Gasteiger partial charge in [0.25, 0.3) is 5.91 Å². The standard InChI is InChI=1S/C20H29N5O/c1-5-6-17-18(19(26)22-15-11-12-21-13-15)23-24-25(17)16-9-7-14(8-10-16)20(2,3)4/h7-10,15,21H,5-6,11-13H2,1-4H3,(H,22,26). The molecule has 2 aromatic rings. The van der Waals surface area contributed by atoms with Gasteiger partial charge in [-0.05, 0) is 42.5 Å². The van der Waals surface area contributed by atoms with Crippen molar-refractivity contribution in [3.63, 3.8) is 0 Å². The van der Waals surface area contributed by atoms with E-state index in [-0.39, 0.29) is 17.4 Å². The third-order valence-electron chi connectivity index (χ3n) is 4.84. The van der Waals surface area contributed by atoms with E-state index in [1.807, 2.05) is 0 Å². The monoisotopic (exact) mass is 355 g/mol. The fourth-order valence-corrected chi connectivity index (χ4v) is 3.28. The van der Waals surface area contributed by atoms with Crippen molar-refractivity contribution in [2.75, 3.05) is 13.1 Å². The van der Waals surface area contributed by atoms with E-state index >= 15 is 0 Å². The molecule has 6 heteroatoms. The van der Waals surface area contributed by atoms with Gasteiger partial charge in [-0.15, -0.1) is 5.10 Å². The maximum Gasteiger partial charge on any atom is 0.274 e. The normalized spacial score (nSPS) is 17.5. The van der Waals surface area contributed by atoms with Gasteiger partial charge in [-0.3, -0.25) is 4.79 Å². The summed E-state index contributed by atoms with van der Waals surface area (Å²) in [4.78, 5) is 12.7. The Morgan fingerprint density at radius 1 is 1.31 bits per heavy atom. The number of amides is 1. The van der Waals surface area contributed by atoms with Gasteiger partial charge in [0.2, 0.25) is 0 Å². The lowest BCUT2D eigenvalue weighted by Gasteiger charge is -2.19. The van der Waals surface area contributed by atoms with E-state index in [2.05, 4.69) is 72.9 Å². The molecule has 0 radical (unpaired) electrons. The summed E-state index contributed by atoms with van der Waals surface area (Å²) in [5.74, 6) is -0.125. The minimum atomic E-state index is -0.125. The van der Waals surface area contributed by atoms with Gasteiger partial charge in [-0.1, -0.05) is 51.5 Å². The molecule has 1 aromatic heterocycles. The van der Waals surface area contributed by atoms with Crippen LogP contribution in [-0.2, 0) is 11.8 Å². The second kappa shape index (κ2) is 7.58. The molecule has 1 aliphatic heterocycles. The van der Waals surface area contributed by atoms with Crippen molar-refractivity contribution >= 4 is 5.91 Å². The van der Waals surface area contributed by atoms with Crippen molar-refractivity contribution in [1.82, 2.24) is 25.6 Å². The Kier molecular flexibility index (Phi) is 5.41. The molecule has 2 heterocycles. The van der Waals surface area contributed by atoms with Crippen LogP contribution in [0.4, 0.5) is 0 Å². The molecule has 1 unspecified atom stereocenters. The van der Waals surface area contributed by atoms with Crippen molar-refractivity contribution in [2.45, 2.75) is 58.4 Å². The van der Waals surface area contributed by atoms with Gasteiger partial charge in [-0.25, -0.2) is 4.68 Å². The average Bonchev–Trinajstić information content (AvgIpc) is 3.24. The van der Waals surface area contributed by atoms with Gasteiger partial charge in [0, 0.05) is 12.6 Å². The van der Waals surface area contributed by atoms with Gasteiger partial charge < -0.3 is 10.6 Å². The molecule has 6 nitrogen and oxygen atoms in total. The summed E-state index contributed by atoms with van der Waals surface area (Å²) in [7, 11) is 0. The molecule has 140 valence electrons. The van der Waals surface area contributed by atoms with Gasteiger partial charge in [0.1, 0.15) is 0 Å². The van der Waals surface area contributed by atoms with E-state index < -0.39 is 0 Å². The van der Waals surface area contributed by atoms with Crippen LogP contribution in [0.15, 0.2) is 24.3 Å². The molecule has 3 rings (SSSR count). The van der Waals surface area contributed by atoms with Crippen LogP contribution in [0.3, 0.4) is 0 Å². The van der Waals surface area contributed by atoms with Gasteiger partial charge in [-0.2, -0.15) is 0 Å². The predicted molar refractivity (Wildman–Crippen MR) is 103 cm³/mol. The summed E-state index contributed by atoms with van der Waals surface area (Å²) >= 11 is 0. The van der Waals surface area contributed by atoms with E-state index in [4.69, 9.17) is 0 Å². The van der Waals surface area contributed by atoms with Gasteiger partial charge in [0.15, 0.2) is 5.69 Å². The number of nitrogens with one attached hydrogen (secondary N) is 2. The molecule has 1 fully saturated rings. The van der Waals surface area contributed by atoms with E-state index in [1.165, 1.54) is 5.56 Å². The molecular weight excluding hydrogens is 326 g/mol. The lowest BCUT2D eigenvalue weighted by molar-refractivity contribution is 0.0934. The summed E-state index contributed by atoms with van der Waals surface area (Å²) in [6.45, 7) is 10.4. The first-order chi connectivity index (χ1) is 12.4. The van der Waals surface area contributed by atoms with Gasteiger partial charge in [0.05, 0.1) is 11.4 Å². The van der Waals surface area contributed by atoms with Crippen molar-refractivity contribution in [2.24, 2.45) is 0 Å². The summed E-state index contributed by atoms with van der Waals surface area (Å²) < 4.78 is 1.80. The fourth-order valence-electron chi connectivity index (χ4n) is 3.28. The molecule has 0 aliphatic carbocycles. The van der Waals surface area contributed by atoms with Crippen molar-refractivity contribution in [3.8, 4) is 5.69 Å². The number of hydrogen-bond donors (Lipinski definition) is 2. The molecule has 2 N–H and O–H groups in total. The molecule has 1 amide bonds. The highest BCUT2D eigenvalue weighted by atomic mass is 16.2. The predicted octanol–water partition coefficient (Wildman–Crippen LogP) is 2.61. The quantitative estimate of drug-likeness (QED) is 0.865. The van der Waals surface area contributed by atoms with Crippen LogP contribution in [0.2, 0.25) is 0 Å².